The summed E-state index contributed by atoms with van der Waals surface area (Å²) >= 11 is 0.953. The number of hydrogen-bond donors (Lipinski definition) is 2. The zero-order valence-corrected chi connectivity index (χ0v) is 17.0. The Morgan fingerprint density at radius 2 is 2.12 bits per heavy atom. The molecule has 1 aromatic heterocycles. The molecule has 3 N–H and O–H groups in total. The van der Waals surface area contributed by atoms with Crippen LogP contribution in [0.2, 0.25) is 0 Å². The normalized spacial score (nSPS) is 24.9. The average Bonchev–Trinajstić information content (AvgIpc) is 3.15. The lowest BCUT2D eigenvalue weighted by atomic mass is 9.78. The van der Waals surface area contributed by atoms with Crippen molar-refractivity contribution in [3.8, 4) is 6.07 Å². The zero-order valence-electron chi connectivity index (χ0n) is 16.2. The number of amides is 1. The Kier molecular flexibility index (Phi) is 5.56. The second kappa shape index (κ2) is 8.07. The summed E-state index contributed by atoms with van der Waals surface area (Å²) in [6, 6.07) is 8.18. The van der Waals surface area contributed by atoms with Gasteiger partial charge in [0.25, 0.3) is 5.91 Å². The number of anilines is 1. The third kappa shape index (κ3) is 3.89. The summed E-state index contributed by atoms with van der Waals surface area (Å²) in [5.41, 5.74) is 4.37. The van der Waals surface area contributed by atoms with Gasteiger partial charge in [-0.15, -0.1) is 0 Å². The van der Waals surface area contributed by atoms with Gasteiger partial charge in [-0.1, -0.05) is 11.8 Å². The summed E-state index contributed by atoms with van der Waals surface area (Å²) in [7, 11) is 0. The number of nitriles is 1. The Labute approximate surface area is 183 Å². The highest BCUT2D eigenvalue weighted by atomic mass is 32.2. The Bertz CT molecular complexity index is 1130. The van der Waals surface area contributed by atoms with E-state index in [-0.39, 0.29) is 33.4 Å². The van der Waals surface area contributed by atoms with E-state index in [0.717, 1.165) is 17.8 Å². The minimum absolute atomic E-state index is 0.00332. The molecule has 0 saturated carbocycles. The van der Waals surface area contributed by atoms with Crippen LogP contribution < -0.4 is 11.1 Å². The van der Waals surface area contributed by atoms with Gasteiger partial charge in [0, 0.05) is 29.1 Å². The van der Waals surface area contributed by atoms with E-state index in [2.05, 4.69) is 15.3 Å². The number of rotatable bonds is 3. The molecule has 0 radical (unpaired) electrons. The smallest absolute Gasteiger partial charge is 0.379 e. The second-order valence-electron chi connectivity index (χ2n) is 7.26. The van der Waals surface area contributed by atoms with Crippen molar-refractivity contribution in [3.05, 3.63) is 59.2 Å². The molecule has 7 nitrogen and oxygen atoms in total. The molecule has 1 fully saturated rings. The van der Waals surface area contributed by atoms with E-state index in [0.29, 0.717) is 0 Å². The van der Waals surface area contributed by atoms with Gasteiger partial charge in [0.05, 0.1) is 12.2 Å². The minimum Gasteiger partial charge on any atom is -0.379 e. The maximum Gasteiger partial charge on any atom is 0.415 e. The number of halogens is 4. The molecule has 2 aliphatic rings. The van der Waals surface area contributed by atoms with Crippen molar-refractivity contribution in [1.82, 2.24) is 4.98 Å². The number of nitrogens with zero attached hydrogens (tertiary/aromatic N) is 3. The Morgan fingerprint density at radius 3 is 2.78 bits per heavy atom. The van der Waals surface area contributed by atoms with Crippen molar-refractivity contribution in [2.45, 2.75) is 17.8 Å². The van der Waals surface area contributed by atoms with Crippen LogP contribution in [0.15, 0.2) is 41.5 Å². The molecule has 2 aliphatic heterocycles. The van der Waals surface area contributed by atoms with Crippen molar-refractivity contribution in [1.29, 1.82) is 5.26 Å². The van der Waals surface area contributed by atoms with Crippen LogP contribution >= 0.6 is 11.8 Å². The van der Waals surface area contributed by atoms with Crippen LogP contribution in [0.4, 0.5) is 23.2 Å². The molecule has 1 amide bonds. The molecule has 3 heterocycles. The van der Waals surface area contributed by atoms with E-state index in [1.54, 1.807) is 0 Å². The first-order chi connectivity index (χ1) is 15.1. The topological polar surface area (TPSA) is 113 Å². The van der Waals surface area contributed by atoms with Crippen molar-refractivity contribution in [2.24, 2.45) is 16.6 Å². The largest absolute Gasteiger partial charge is 0.415 e. The average molecular weight is 465 g/mol. The molecule has 32 heavy (non-hydrogen) atoms. The van der Waals surface area contributed by atoms with Gasteiger partial charge in [-0.05, 0) is 30.3 Å². The highest BCUT2D eigenvalue weighted by molar-refractivity contribution is 8.13. The molecular weight excluding hydrogens is 450 g/mol. The zero-order chi connectivity index (χ0) is 23.1. The summed E-state index contributed by atoms with van der Waals surface area (Å²) in [6.07, 6.45) is -5.55. The first kappa shape index (κ1) is 22.0. The Hall–Kier alpha value is -3.17. The lowest BCUT2D eigenvalue weighted by Crippen LogP contribution is -2.46. The van der Waals surface area contributed by atoms with E-state index < -0.39 is 42.1 Å². The quantitative estimate of drug-likeness (QED) is 0.674. The van der Waals surface area contributed by atoms with Crippen LogP contribution in [-0.2, 0) is 10.3 Å². The number of ether oxygens (including phenoxy) is 1. The van der Waals surface area contributed by atoms with Crippen molar-refractivity contribution in [3.63, 3.8) is 0 Å². The Morgan fingerprint density at radius 1 is 1.34 bits per heavy atom. The third-order valence-corrected chi connectivity index (χ3v) is 6.23. The number of benzene rings is 1. The molecule has 12 heteroatoms. The Balaban J connectivity index is 1.69. The first-order valence-corrected chi connectivity index (χ1v) is 10.3. The third-order valence-electron chi connectivity index (χ3n) is 5.32. The van der Waals surface area contributed by atoms with E-state index in [1.165, 1.54) is 30.5 Å². The standard InChI is InChI=1S/C20H15F4N5O2S/c21-14-3-2-11(28-17(30)15-4-1-10(6-25)7-27-15)5-12(14)19-9-31-16(20(22,23)24)13(19)8-32-18(26)29-19/h1-5,7,13,16H,8-9H2,(H2,26,29)(H,28,30)/t13-,16+,19-/m1/s1. The lowest BCUT2D eigenvalue weighted by molar-refractivity contribution is -0.215. The van der Waals surface area contributed by atoms with Crippen molar-refractivity contribution in [2.75, 3.05) is 17.7 Å². The summed E-state index contributed by atoms with van der Waals surface area (Å²) in [5.74, 6) is -2.68. The van der Waals surface area contributed by atoms with Gasteiger partial charge in [-0.3, -0.25) is 4.79 Å². The maximum atomic E-state index is 14.9. The first-order valence-electron chi connectivity index (χ1n) is 9.28. The lowest BCUT2D eigenvalue weighted by Gasteiger charge is -2.36. The van der Waals surface area contributed by atoms with Gasteiger partial charge in [-0.2, -0.15) is 18.4 Å². The van der Waals surface area contributed by atoms with Crippen LogP contribution in [0.1, 0.15) is 21.6 Å². The minimum atomic E-state index is -4.65. The number of nitrogens with two attached hydrogens (primary N) is 1. The monoisotopic (exact) mass is 465 g/mol. The number of carbonyl (C=O) groups excluding carboxylic acids is 1. The molecule has 0 spiro atoms. The summed E-state index contributed by atoms with van der Waals surface area (Å²) < 4.78 is 60.5. The predicted molar refractivity (Wildman–Crippen MR) is 108 cm³/mol. The number of nitrogens with one attached hydrogen (secondary N) is 1. The summed E-state index contributed by atoms with van der Waals surface area (Å²) in [6.45, 7) is -0.505. The summed E-state index contributed by atoms with van der Waals surface area (Å²) in [4.78, 5) is 20.6. The SMILES string of the molecule is N#Cc1ccc(C(=O)Nc2ccc(F)c([C@]34CO[C@H](C(F)(F)F)[C@H]3CSC(N)=N4)c2)nc1. The van der Waals surface area contributed by atoms with E-state index in [9.17, 15) is 22.4 Å². The van der Waals surface area contributed by atoms with Crippen molar-refractivity contribution < 1.29 is 27.1 Å². The number of carbonyl (C=O) groups is 1. The highest BCUT2D eigenvalue weighted by Gasteiger charge is 2.62. The second-order valence-corrected chi connectivity index (χ2v) is 8.30. The molecule has 1 saturated heterocycles. The van der Waals surface area contributed by atoms with Gasteiger partial charge in [0.2, 0.25) is 0 Å². The van der Waals surface area contributed by atoms with E-state index in [4.69, 9.17) is 15.7 Å². The maximum absolute atomic E-state index is 14.9. The van der Waals surface area contributed by atoms with Crippen molar-refractivity contribution >= 4 is 28.5 Å². The number of thioether (sulfide) groups is 1. The highest BCUT2D eigenvalue weighted by Crippen LogP contribution is 2.52. The van der Waals surface area contributed by atoms with Gasteiger partial charge in [0.15, 0.2) is 11.3 Å². The van der Waals surface area contributed by atoms with Crippen LogP contribution in [0, 0.1) is 23.1 Å². The van der Waals surface area contributed by atoms with Crippen LogP contribution in [-0.4, -0.2) is 40.7 Å². The van der Waals surface area contributed by atoms with Crippen LogP contribution in [0.3, 0.4) is 0 Å². The van der Waals surface area contributed by atoms with Crippen LogP contribution in [0.5, 0.6) is 0 Å². The number of aliphatic imine (C=N–C) groups is 1. The van der Waals surface area contributed by atoms with E-state index >= 15 is 0 Å². The molecule has 0 bridgehead atoms. The number of fused-ring (bicyclic) bond motifs is 1. The fourth-order valence-corrected chi connectivity index (χ4v) is 4.85. The number of hydrogen-bond acceptors (Lipinski definition) is 7. The number of pyridine rings is 1. The molecular formula is C20H15F4N5O2S. The molecule has 0 aliphatic carbocycles. The molecule has 4 rings (SSSR count). The number of alkyl halides is 3. The molecule has 0 unspecified atom stereocenters. The molecule has 2 aromatic rings. The number of amidine groups is 1. The van der Waals surface area contributed by atoms with Gasteiger partial charge < -0.3 is 15.8 Å². The molecule has 1 aromatic carbocycles. The van der Waals surface area contributed by atoms with Gasteiger partial charge in [-0.25, -0.2) is 14.4 Å². The van der Waals surface area contributed by atoms with Crippen LogP contribution in [0.25, 0.3) is 0 Å². The fraction of sp³-hybridized carbons (Fsp3) is 0.300. The predicted octanol–water partition coefficient (Wildman–Crippen LogP) is 3.18. The van der Waals surface area contributed by atoms with Gasteiger partial charge in [0.1, 0.15) is 23.1 Å². The molecule has 166 valence electrons. The van der Waals surface area contributed by atoms with Gasteiger partial charge >= 0.3 is 6.18 Å². The van der Waals surface area contributed by atoms with E-state index in [1.807, 2.05) is 6.07 Å². The molecule has 3 atom stereocenters. The summed E-state index contributed by atoms with van der Waals surface area (Å²) in [5, 5.41) is 11.4. The fourth-order valence-electron chi connectivity index (χ4n) is 3.82. The number of aromatic nitrogens is 1.